The fourth-order valence-corrected chi connectivity index (χ4v) is 1.82. The van der Waals surface area contributed by atoms with Gasteiger partial charge in [0.25, 0.3) is 0 Å². The molecule has 0 saturated heterocycles. The molecule has 0 spiro atoms. The van der Waals surface area contributed by atoms with Crippen molar-refractivity contribution in [3.05, 3.63) is 23.7 Å². The molecule has 0 atom stereocenters. The Balaban J connectivity index is 2.75. The molecule has 0 N–H and O–H groups in total. The summed E-state index contributed by atoms with van der Waals surface area (Å²) in [6.45, 7) is 3.92. The maximum absolute atomic E-state index is 12.5. The van der Waals surface area contributed by atoms with Crippen LogP contribution in [-0.4, -0.2) is 14.2 Å². The largest absolute Gasteiger partial charge is 0.259 e. The minimum absolute atomic E-state index is 0.106. The molecule has 0 unspecified atom stereocenters. The number of rotatable bonds is 2. The van der Waals surface area contributed by atoms with Crippen molar-refractivity contribution in [3.63, 3.8) is 0 Å². The van der Waals surface area contributed by atoms with E-state index in [4.69, 9.17) is 0 Å². The van der Waals surface area contributed by atoms with Gasteiger partial charge in [0.1, 0.15) is 5.52 Å². The predicted octanol–water partition coefficient (Wildman–Crippen LogP) is 2.68. The van der Waals surface area contributed by atoms with E-state index in [0.29, 0.717) is 0 Å². The highest BCUT2D eigenvalue weighted by Crippen LogP contribution is 2.23. The molecule has 0 aromatic carbocycles. The van der Waals surface area contributed by atoms with Crippen molar-refractivity contribution in [1.82, 2.24) is 14.2 Å². The summed E-state index contributed by atoms with van der Waals surface area (Å²) in [6.07, 6.45) is 2.46. The molecular weight excluding hydrogens is 201 g/mol. The first-order valence-corrected chi connectivity index (χ1v) is 5.07. The molecule has 2 rings (SSSR count). The Bertz CT molecular complexity index is 466. The lowest BCUT2D eigenvalue weighted by atomic mass is 10.2. The van der Waals surface area contributed by atoms with Gasteiger partial charge in [-0.05, 0) is 19.4 Å². The van der Waals surface area contributed by atoms with E-state index < -0.39 is 0 Å². The lowest BCUT2D eigenvalue weighted by Gasteiger charge is -1.94. The number of hydrogen-bond donors (Lipinski definition) is 0. The van der Waals surface area contributed by atoms with E-state index in [0.717, 1.165) is 28.7 Å². The van der Waals surface area contributed by atoms with Crippen molar-refractivity contribution in [2.45, 2.75) is 20.3 Å². The average Bonchev–Trinajstić information content (AvgIpc) is 2.55. The summed E-state index contributed by atoms with van der Waals surface area (Å²) in [7, 11) is 0. The van der Waals surface area contributed by atoms with Crippen molar-refractivity contribution in [1.29, 1.82) is 0 Å². The molecule has 0 bridgehead atoms. The van der Waals surface area contributed by atoms with Gasteiger partial charge >= 0.3 is 0 Å². The molecule has 0 fully saturated rings. The number of halogens is 1. The SMILES string of the molecule is CCc1nn(SF)c2cnc(C)cc12. The highest BCUT2D eigenvalue weighted by Gasteiger charge is 2.10. The van der Waals surface area contributed by atoms with Gasteiger partial charge in [-0.3, -0.25) is 4.98 Å². The summed E-state index contributed by atoms with van der Waals surface area (Å²) in [5.41, 5.74) is 2.58. The van der Waals surface area contributed by atoms with Crippen molar-refractivity contribution in [3.8, 4) is 0 Å². The van der Waals surface area contributed by atoms with Gasteiger partial charge < -0.3 is 0 Å². The second kappa shape index (κ2) is 3.57. The second-order valence-electron chi connectivity index (χ2n) is 3.09. The van der Waals surface area contributed by atoms with Crippen LogP contribution >= 0.6 is 12.3 Å². The molecule has 2 aromatic rings. The highest BCUT2D eigenvalue weighted by atomic mass is 32.2. The zero-order valence-electron chi connectivity index (χ0n) is 7.99. The fraction of sp³-hybridized carbons (Fsp3) is 0.333. The summed E-state index contributed by atoms with van der Waals surface area (Å²) < 4.78 is 13.8. The van der Waals surface area contributed by atoms with E-state index in [1.54, 1.807) is 6.20 Å². The van der Waals surface area contributed by atoms with Crippen molar-refractivity contribution in [2.75, 3.05) is 0 Å². The Morgan fingerprint density at radius 1 is 1.57 bits per heavy atom. The van der Waals surface area contributed by atoms with Gasteiger partial charge in [-0.25, -0.2) is 0 Å². The molecule has 5 heteroatoms. The van der Waals surface area contributed by atoms with Crippen molar-refractivity contribution < 1.29 is 3.89 Å². The molecular formula is C9H10FN3S. The first-order chi connectivity index (χ1) is 6.76. The molecule has 0 saturated carbocycles. The van der Waals surface area contributed by atoms with E-state index in [1.807, 2.05) is 19.9 Å². The summed E-state index contributed by atoms with van der Waals surface area (Å²) >= 11 is 0.106. The summed E-state index contributed by atoms with van der Waals surface area (Å²) in [6, 6.07) is 1.94. The van der Waals surface area contributed by atoms with Crippen molar-refractivity contribution in [2.24, 2.45) is 0 Å². The topological polar surface area (TPSA) is 30.7 Å². The highest BCUT2D eigenvalue weighted by molar-refractivity contribution is 7.92. The molecule has 0 amide bonds. The van der Waals surface area contributed by atoms with Crippen LogP contribution in [0.15, 0.2) is 12.3 Å². The van der Waals surface area contributed by atoms with Gasteiger partial charge in [-0.2, -0.15) is 9.19 Å². The van der Waals surface area contributed by atoms with Gasteiger partial charge in [0, 0.05) is 11.1 Å². The predicted molar refractivity (Wildman–Crippen MR) is 55.7 cm³/mol. The number of pyridine rings is 1. The number of nitrogens with zero attached hydrogens (tertiary/aromatic N) is 3. The Morgan fingerprint density at radius 3 is 3.00 bits per heavy atom. The number of hydrogen-bond acceptors (Lipinski definition) is 3. The minimum Gasteiger partial charge on any atom is -0.259 e. The van der Waals surface area contributed by atoms with Crippen LogP contribution in [0.3, 0.4) is 0 Å². The summed E-state index contributed by atoms with van der Waals surface area (Å²) in [5, 5.41) is 5.12. The average molecular weight is 211 g/mol. The summed E-state index contributed by atoms with van der Waals surface area (Å²) in [4.78, 5) is 4.12. The first kappa shape index (κ1) is 9.45. The Hall–Kier alpha value is -1.10. The number of fused-ring (bicyclic) bond motifs is 1. The zero-order chi connectivity index (χ0) is 10.1. The van der Waals surface area contributed by atoms with Crippen molar-refractivity contribution >= 4 is 23.2 Å². The Labute approximate surface area is 85.8 Å². The normalized spacial score (nSPS) is 11.1. The van der Waals surface area contributed by atoms with E-state index in [9.17, 15) is 3.89 Å². The molecule has 0 radical (unpaired) electrons. The van der Waals surface area contributed by atoms with Gasteiger partial charge in [0.15, 0.2) is 12.3 Å². The van der Waals surface area contributed by atoms with Crippen LogP contribution in [0.4, 0.5) is 3.89 Å². The lowest BCUT2D eigenvalue weighted by molar-refractivity contribution is 0.869. The fourth-order valence-electron chi connectivity index (χ4n) is 1.47. The molecule has 0 aliphatic heterocycles. The smallest absolute Gasteiger partial charge is 0.188 e. The minimum atomic E-state index is 0.106. The molecule has 0 aliphatic rings. The third-order valence-electron chi connectivity index (χ3n) is 2.15. The third kappa shape index (κ3) is 1.37. The standard InChI is InChI=1S/C9H10FN3S/c1-3-8-7-4-6(2)11-5-9(7)13(12-8)14-10/h4-5H,3H2,1-2H3. The molecule has 2 aromatic heterocycles. The van der Waals surface area contributed by atoms with Crippen LogP contribution in [0.25, 0.3) is 10.9 Å². The van der Waals surface area contributed by atoms with Crippen LogP contribution in [-0.2, 0) is 6.42 Å². The van der Waals surface area contributed by atoms with E-state index >= 15 is 0 Å². The van der Waals surface area contributed by atoms with E-state index in [2.05, 4.69) is 10.1 Å². The van der Waals surface area contributed by atoms with Gasteiger partial charge in [-0.1, -0.05) is 6.92 Å². The van der Waals surface area contributed by atoms with Gasteiger partial charge in [-0.15, -0.1) is 3.89 Å². The molecule has 2 heterocycles. The second-order valence-corrected chi connectivity index (χ2v) is 3.57. The molecule has 3 nitrogen and oxygen atoms in total. The quantitative estimate of drug-likeness (QED) is 0.765. The van der Waals surface area contributed by atoms with Crippen LogP contribution in [0.2, 0.25) is 0 Å². The van der Waals surface area contributed by atoms with Crippen LogP contribution < -0.4 is 0 Å². The Kier molecular flexibility index (Phi) is 2.41. The molecule has 0 aliphatic carbocycles. The maximum atomic E-state index is 12.5. The van der Waals surface area contributed by atoms with Crippen LogP contribution in [0.5, 0.6) is 0 Å². The Morgan fingerprint density at radius 2 is 2.36 bits per heavy atom. The van der Waals surface area contributed by atoms with E-state index in [-0.39, 0.29) is 12.3 Å². The summed E-state index contributed by atoms with van der Waals surface area (Å²) in [5.74, 6) is 0. The maximum Gasteiger partial charge on any atom is 0.188 e. The third-order valence-corrected chi connectivity index (χ3v) is 2.56. The van der Waals surface area contributed by atoms with E-state index in [1.165, 1.54) is 4.09 Å². The molecule has 74 valence electrons. The van der Waals surface area contributed by atoms with Crippen LogP contribution in [0.1, 0.15) is 18.3 Å². The zero-order valence-corrected chi connectivity index (χ0v) is 8.81. The molecule has 14 heavy (non-hydrogen) atoms. The van der Waals surface area contributed by atoms with Gasteiger partial charge in [0.05, 0.1) is 11.9 Å². The van der Waals surface area contributed by atoms with Crippen LogP contribution in [0, 0.1) is 6.92 Å². The lowest BCUT2D eigenvalue weighted by Crippen LogP contribution is -1.87. The monoisotopic (exact) mass is 211 g/mol. The number of aryl methyl sites for hydroxylation is 2. The number of aromatic nitrogens is 3. The first-order valence-electron chi connectivity index (χ1n) is 4.39. The van der Waals surface area contributed by atoms with Gasteiger partial charge in [0.2, 0.25) is 0 Å².